The molecule has 0 unspecified atom stereocenters. The summed E-state index contributed by atoms with van der Waals surface area (Å²) in [6, 6.07) is 2.01. The van der Waals surface area contributed by atoms with E-state index in [0.717, 1.165) is 50.2 Å². The Kier molecular flexibility index (Phi) is 4.33. The third-order valence-corrected chi connectivity index (χ3v) is 3.10. The second-order valence-corrected chi connectivity index (χ2v) is 4.66. The van der Waals surface area contributed by atoms with Gasteiger partial charge < -0.3 is 20.9 Å². The van der Waals surface area contributed by atoms with Gasteiger partial charge in [-0.3, -0.25) is 0 Å². The van der Waals surface area contributed by atoms with Gasteiger partial charge in [-0.25, -0.2) is 9.97 Å². The van der Waals surface area contributed by atoms with E-state index in [4.69, 9.17) is 5.73 Å². The van der Waals surface area contributed by atoms with Crippen molar-refractivity contribution in [2.75, 3.05) is 56.5 Å². The molecule has 18 heavy (non-hydrogen) atoms. The molecule has 1 aromatic heterocycles. The summed E-state index contributed by atoms with van der Waals surface area (Å²) in [5.41, 5.74) is 5.49. The summed E-state index contributed by atoms with van der Waals surface area (Å²) in [4.78, 5) is 13.5. The molecule has 0 bridgehead atoms. The standard InChI is InChI=1S/C12H22N6/c1-10-15-11(14-4-3-13)9-12(16-10)18-7-5-17(2)6-8-18/h9H,3-8,13H2,1-2H3,(H,14,15,16). The molecule has 0 amide bonds. The van der Waals surface area contributed by atoms with Crippen molar-refractivity contribution in [3.63, 3.8) is 0 Å². The first-order valence-electron chi connectivity index (χ1n) is 6.42. The van der Waals surface area contributed by atoms with Crippen molar-refractivity contribution in [3.05, 3.63) is 11.9 Å². The molecule has 1 aliphatic heterocycles. The maximum Gasteiger partial charge on any atom is 0.134 e. The van der Waals surface area contributed by atoms with Crippen molar-refractivity contribution < 1.29 is 0 Å². The average Bonchev–Trinajstić information content (AvgIpc) is 2.36. The van der Waals surface area contributed by atoms with Crippen LogP contribution < -0.4 is 16.0 Å². The summed E-state index contributed by atoms with van der Waals surface area (Å²) in [7, 11) is 2.15. The van der Waals surface area contributed by atoms with Gasteiger partial charge in [0.1, 0.15) is 17.5 Å². The van der Waals surface area contributed by atoms with Crippen molar-refractivity contribution >= 4 is 11.6 Å². The Morgan fingerprint density at radius 1 is 1.28 bits per heavy atom. The highest BCUT2D eigenvalue weighted by Crippen LogP contribution is 2.17. The molecule has 1 aliphatic rings. The number of nitrogens with zero attached hydrogens (tertiary/aromatic N) is 4. The molecule has 2 heterocycles. The highest BCUT2D eigenvalue weighted by molar-refractivity contribution is 5.49. The number of nitrogens with two attached hydrogens (primary N) is 1. The number of likely N-dealkylation sites (N-methyl/N-ethyl adjacent to an activating group) is 1. The predicted octanol–water partition coefficient (Wildman–Crippen LogP) is -0.0926. The number of hydrogen-bond acceptors (Lipinski definition) is 6. The predicted molar refractivity (Wildman–Crippen MR) is 74.0 cm³/mol. The minimum atomic E-state index is 0.604. The number of nitrogens with one attached hydrogen (secondary N) is 1. The zero-order valence-electron chi connectivity index (χ0n) is 11.2. The van der Waals surface area contributed by atoms with Gasteiger partial charge in [0.05, 0.1) is 0 Å². The Bertz CT molecular complexity index is 386. The second-order valence-electron chi connectivity index (χ2n) is 4.66. The molecule has 1 aromatic rings. The molecule has 2 rings (SSSR count). The molecule has 3 N–H and O–H groups in total. The zero-order valence-corrected chi connectivity index (χ0v) is 11.2. The molecule has 0 saturated carbocycles. The highest BCUT2D eigenvalue weighted by Gasteiger charge is 2.16. The van der Waals surface area contributed by atoms with Crippen LogP contribution in [0.2, 0.25) is 0 Å². The van der Waals surface area contributed by atoms with Crippen LogP contribution in [0.3, 0.4) is 0 Å². The summed E-state index contributed by atoms with van der Waals surface area (Å²) in [6.07, 6.45) is 0. The molecule has 100 valence electrons. The fourth-order valence-corrected chi connectivity index (χ4v) is 2.04. The number of rotatable bonds is 4. The van der Waals surface area contributed by atoms with Crippen LogP contribution in [-0.2, 0) is 0 Å². The van der Waals surface area contributed by atoms with Crippen molar-refractivity contribution in [2.24, 2.45) is 5.73 Å². The first-order valence-corrected chi connectivity index (χ1v) is 6.42. The summed E-state index contributed by atoms with van der Waals surface area (Å²) >= 11 is 0. The van der Waals surface area contributed by atoms with Gasteiger partial charge in [-0.05, 0) is 14.0 Å². The molecule has 6 nitrogen and oxygen atoms in total. The summed E-state index contributed by atoms with van der Waals surface area (Å²) in [6.45, 7) is 7.45. The van der Waals surface area contributed by atoms with E-state index in [-0.39, 0.29) is 0 Å². The van der Waals surface area contributed by atoms with E-state index >= 15 is 0 Å². The van der Waals surface area contributed by atoms with E-state index in [1.165, 1.54) is 0 Å². The normalized spacial score (nSPS) is 16.9. The third kappa shape index (κ3) is 3.30. The summed E-state index contributed by atoms with van der Waals surface area (Å²) < 4.78 is 0. The number of anilines is 2. The number of hydrogen-bond donors (Lipinski definition) is 2. The smallest absolute Gasteiger partial charge is 0.134 e. The molecular formula is C12H22N6. The minimum absolute atomic E-state index is 0.604. The molecule has 1 saturated heterocycles. The quantitative estimate of drug-likeness (QED) is 0.778. The van der Waals surface area contributed by atoms with Gasteiger partial charge in [0.25, 0.3) is 0 Å². The van der Waals surface area contributed by atoms with Gasteiger partial charge >= 0.3 is 0 Å². The average molecular weight is 250 g/mol. The van der Waals surface area contributed by atoms with Crippen LogP contribution in [0, 0.1) is 6.92 Å². The number of aryl methyl sites for hydroxylation is 1. The molecular weight excluding hydrogens is 228 g/mol. The highest BCUT2D eigenvalue weighted by atomic mass is 15.3. The molecule has 1 fully saturated rings. The lowest BCUT2D eigenvalue weighted by atomic mass is 10.3. The van der Waals surface area contributed by atoms with Crippen molar-refractivity contribution in [1.82, 2.24) is 14.9 Å². The van der Waals surface area contributed by atoms with Gasteiger partial charge in [0, 0.05) is 45.3 Å². The largest absolute Gasteiger partial charge is 0.369 e. The van der Waals surface area contributed by atoms with E-state index in [1.54, 1.807) is 0 Å². The lowest BCUT2D eigenvalue weighted by Gasteiger charge is -2.33. The molecule has 0 radical (unpaired) electrons. The van der Waals surface area contributed by atoms with Gasteiger partial charge in [0.2, 0.25) is 0 Å². The number of aromatic nitrogens is 2. The Morgan fingerprint density at radius 2 is 2.00 bits per heavy atom. The third-order valence-electron chi connectivity index (χ3n) is 3.10. The van der Waals surface area contributed by atoms with E-state index < -0.39 is 0 Å². The molecule has 0 aliphatic carbocycles. The van der Waals surface area contributed by atoms with Crippen LogP contribution in [0.25, 0.3) is 0 Å². The SMILES string of the molecule is Cc1nc(NCCN)cc(N2CCN(C)CC2)n1. The van der Waals surface area contributed by atoms with Gasteiger partial charge in [0.15, 0.2) is 0 Å². The van der Waals surface area contributed by atoms with Crippen molar-refractivity contribution in [1.29, 1.82) is 0 Å². The second kappa shape index (κ2) is 5.97. The Hall–Kier alpha value is -1.40. The Balaban J connectivity index is 2.09. The van der Waals surface area contributed by atoms with Crippen LogP contribution in [0.5, 0.6) is 0 Å². The topological polar surface area (TPSA) is 70.3 Å². The fraction of sp³-hybridized carbons (Fsp3) is 0.667. The first-order chi connectivity index (χ1) is 8.69. The van der Waals surface area contributed by atoms with Crippen molar-refractivity contribution in [3.8, 4) is 0 Å². The van der Waals surface area contributed by atoms with E-state index in [2.05, 4.69) is 32.1 Å². The maximum atomic E-state index is 5.49. The molecule has 0 aromatic carbocycles. The van der Waals surface area contributed by atoms with E-state index in [9.17, 15) is 0 Å². The molecule has 0 spiro atoms. The van der Waals surface area contributed by atoms with Crippen LogP contribution in [0.4, 0.5) is 11.6 Å². The molecule has 6 heteroatoms. The Morgan fingerprint density at radius 3 is 2.67 bits per heavy atom. The lowest BCUT2D eigenvalue weighted by Crippen LogP contribution is -2.44. The molecule has 0 atom stereocenters. The first kappa shape index (κ1) is 13.0. The lowest BCUT2D eigenvalue weighted by molar-refractivity contribution is 0.312. The fourth-order valence-electron chi connectivity index (χ4n) is 2.04. The van der Waals surface area contributed by atoms with Crippen LogP contribution in [0.15, 0.2) is 6.07 Å². The van der Waals surface area contributed by atoms with Crippen LogP contribution >= 0.6 is 0 Å². The van der Waals surface area contributed by atoms with Gasteiger partial charge in [-0.2, -0.15) is 0 Å². The van der Waals surface area contributed by atoms with Crippen molar-refractivity contribution in [2.45, 2.75) is 6.92 Å². The number of piperazine rings is 1. The maximum absolute atomic E-state index is 5.49. The summed E-state index contributed by atoms with van der Waals surface area (Å²) in [5.74, 6) is 2.67. The van der Waals surface area contributed by atoms with Gasteiger partial charge in [-0.1, -0.05) is 0 Å². The van der Waals surface area contributed by atoms with E-state index in [0.29, 0.717) is 6.54 Å². The van der Waals surface area contributed by atoms with Crippen LogP contribution in [-0.4, -0.2) is 61.2 Å². The van der Waals surface area contributed by atoms with Gasteiger partial charge in [-0.15, -0.1) is 0 Å². The Labute approximate surface area is 108 Å². The minimum Gasteiger partial charge on any atom is -0.369 e. The monoisotopic (exact) mass is 250 g/mol. The summed E-state index contributed by atoms with van der Waals surface area (Å²) in [5, 5.41) is 3.21. The van der Waals surface area contributed by atoms with E-state index in [1.807, 2.05) is 13.0 Å². The van der Waals surface area contributed by atoms with Crippen LogP contribution in [0.1, 0.15) is 5.82 Å². The zero-order chi connectivity index (χ0) is 13.0.